The van der Waals surface area contributed by atoms with E-state index in [1.54, 1.807) is 0 Å². The van der Waals surface area contributed by atoms with E-state index < -0.39 is 0 Å². The number of ether oxygens (including phenoxy) is 1. The highest BCUT2D eigenvalue weighted by Gasteiger charge is 2.23. The zero-order valence-electron chi connectivity index (χ0n) is 18.1. The molecule has 1 unspecified atom stereocenters. The molecule has 0 saturated carbocycles. The number of carbonyl (C=O) groups excluding carboxylic acids is 1. The highest BCUT2D eigenvalue weighted by atomic mass is 35.5. The number of nitrogens with one attached hydrogen (secondary N) is 1. The van der Waals surface area contributed by atoms with Gasteiger partial charge in [0.25, 0.3) is 0 Å². The van der Waals surface area contributed by atoms with Crippen LogP contribution >= 0.6 is 11.6 Å². The summed E-state index contributed by atoms with van der Waals surface area (Å²) in [5, 5.41) is 4.19. The van der Waals surface area contributed by atoms with Crippen molar-refractivity contribution < 1.29 is 9.53 Å². The molecule has 0 aromatic heterocycles. The maximum atomic E-state index is 12.6. The molecular formula is C22H34ClN5O2. The van der Waals surface area contributed by atoms with Gasteiger partial charge in [0.15, 0.2) is 5.96 Å². The maximum Gasteiger partial charge on any atom is 0.227 e. The third kappa shape index (κ3) is 6.86. The quantitative estimate of drug-likeness (QED) is 0.543. The van der Waals surface area contributed by atoms with Crippen LogP contribution in [-0.2, 0) is 16.0 Å². The summed E-state index contributed by atoms with van der Waals surface area (Å²) in [7, 11) is 1.83. The van der Waals surface area contributed by atoms with E-state index in [1.165, 1.54) is 0 Å². The zero-order valence-corrected chi connectivity index (χ0v) is 18.9. The average molecular weight is 436 g/mol. The fourth-order valence-corrected chi connectivity index (χ4v) is 4.20. The van der Waals surface area contributed by atoms with Crippen LogP contribution in [0.4, 0.5) is 0 Å². The molecule has 30 heavy (non-hydrogen) atoms. The number of aliphatic imine (C=N–C) groups is 1. The average Bonchev–Trinajstić information content (AvgIpc) is 2.75. The van der Waals surface area contributed by atoms with Crippen LogP contribution in [0.25, 0.3) is 0 Å². The molecule has 1 atom stereocenters. The Hall–Kier alpha value is -1.83. The lowest BCUT2D eigenvalue weighted by Crippen LogP contribution is -2.54. The molecule has 2 fully saturated rings. The van der Waals surface area contributed by atoms with Gasteiger partial charge in [-0.15, -0.1) is 0 Å². The molecule has 1 amide bonds. The molecule has 0 bridgehead atoms. The van der Waals surface area contributed by atoms with Crippen LogP contribution in [0.5, 0.6) is 0 Å². The van der Waals surface area contributed by atoms with E-state index in [1.807, 2.05) is 36.2 Å². The highest BCUT2D eigenvalue weighted by molar-refractivity contribution is 6.30. The standard InChI is InChI=1S/C22H34ClN5O2/c1-18(17-26-10-12-30-13-11-26)16-25-22(24-2)28-8-6-27(7-9-28)21(29)15-19-4-3-5-20(23)14-19/h3-5,14,18H,6-13,15-17H2,1-2H3,(H,24,25). The molecule has 166 valence electrons. The fraction of sp³-hybridized carbons (Fsp3) is 0.636. The number of morpholine rings is 1. The van der Waals surface area contributed by atoms with Crippen molar-refractivity contribution in [2.24, 2.45) is 10.9 Å². The SMILES string of the molecule is CN=C(NCC(C)CN1CCOCC1)N1CCN(C(=O)Cc2cccc(Cl)c2)CC1. The van der Waals surface area contributed by atoms with Crippen molar-refractivity contribution in [2.45, 2.75) is 13.3 Å². The van der Waals surface area contributed by atoms with Gasteiger partial charge in [0, 0.05) is 64.4 Å². The number of hydrogen-bond acceptors (Lipinski definition) is 4. The smallest absolute Gasteiger partial charge is 0.227 e. The summed E-state index contributed by atoms with van der Waals surface area (Å²) < 4.78 is 5.42. The Balaban J connectivity index is 1.40. The first-order valence-electron chi connectivity index (χ1n) is 10.8. The summed E-state index contributed by atoms with van der Waals surface area (Å²) in [5.41, 5.74) is 0.960. The van der Waals surface area contributed by atoms with Crippen molar-refractivity contribution >= 4 is 23.5 Å². The molecule has 2 saturated heterocycles. The monoisotopic (exact) mass is 435 g/mol. The van der Waals surface area contributed by atoms with Crippen molar-refractivity contribution in [2.75, 3.05) is 72.6 Å². The molecule has 7 nitrogen and oxygen atoms in total. The number of benzene rings is 1. The minimum absolute atomic E-state index is 0.152. The highest BCUT2D eigenvalue weighted by Crippen LogP contribution is 2.13. The lowest BCUT2D eigenvalue weighted by atomic mass is 10.1. The molecule has 1 aromatic carbocycles. The van der Waals surface area contributed by atoms with Gasteiger partial charge < -0.3 is 19.9 Å². The maximum absolute atomic E-state index is 12.6. The third-order valence-electron chi connectivity index (χ3n) is 5.67. The van der Waals surface area contributed by atoms with Crippen molar-refractivity contribution in [1.29, 1.82) is 0 Å². The van der Waals surface area contributed by atoms with E-state index in [0.29, 0.717) is 30.5 Å². The molecule has 8 heteroatoms. The molecular weight excluding hydrogens is 402 g/mol. The number of guanidine groups is 1. The Labute approximate surface area is 185 Å². The molecule has 0 aliphatic carbocycles. The fourth-order valence-electron chi connectivity index (χ4n) is 3.99. The summed E-state index contributed by atoms with van der Waals surface area (Å²) in [5.74, 6) is 1.60. The second-order valence-electron chi connectivity index (χ2n) is 8.12. The molecule has 3 rings (SSSR count). The number of hydrogen-bond donors (Lipinski definition) is 1. The first kappa shape index (κ1) is 22.8. The van der Waals surface area contributed by atoms with E-state index in [4.69, 9.17) is 16.3 Å². The Morgan fingerprint density at radius 3 is 2.53 bits per heavy atom. The number of amides is 1. The number of rotatable bonds is 6. The van der Waals surface area contributed by atoms with E-state index in [0.717, 1.165) is 64.0 Å². The molecule has 1 aromatic rings. The lowest BCUT2D eigenvalue weighted by Gasteiger charge is -2.37. The topological polar surface area (TPSA) is 60.4 Å². The predicted molar refractivity (Wildman–Crippen MR) is 121 cm³/mol. The van der Waals surface area contributed by atoms with Crippen LogP contribution in [0.3, 0.4) is 0 Å². The number of piperazine rings is 1. The molecule has 2 aliphatic heterocycles. The van der Waals surface area contributed by atoms with Crippen LogP contribution in [0.15, 0.2) is 29.3 Å². The van der Waals surface area contributed by atoms with Gasteiger partial charge in [-0.1, -0.05) is 30.7 Å². The number of halogens is 1. The minimum Gasteiger partial charge on any atom is -0.379 e. The van der Waals surface area contributed by atoms with Crippen LogP contribution in [-0.4, -0.2) is 99.2 Å². The van der Waals surface area contributed by atoms with Gasteiger partial charge in [0.1, 0.15) is 0 Å². The van der Waals surface area contributed by atoms with E-state index >= 15 is 0 Å². The Morgan fingerprint density at radius 2 is 1.87 bits per heavy atom. The Morgan fingerprint density at radius 1 is 1.17 bits per heavy atom. The lowest BCUT2D eigenvalue weighted by molar-refractivity contribution is -0.131. The summed E-state index contributed by atoms with van der Waals surface area (Å²) in [6, 6.07) is 7.52. The van der Waals surface area contributed by atoms with Gasteiger partial charge in [0.2, 0.25) is 5.91 Å². The largest absolute Gasteiger partial charge is 0.379 e. The van der Waals surface area contributed by atoms with E-state index in [-0.39, 0.29) is 5.91 Å². The van der Waals surface area contributed by atoms with Gasteiger partial charge in [-0.2, -0.15) is 0 Å². The number of nitrogens with zero attached hydrogens (tertiary/aromatic N) is 4. The van der Waals surface area contributed by atoms with Gasteiger partial charge >= 0.3 is 0 Å². The first-order valence-corrected chi connectivity index (χ1v) is 11.2. The Bertz CT molecular complexity index is 715. The van der Waals surface area contributed by atoms with Crippen molar-refractivity contribution in [3.05, 3.63) is 34.9 Å². The Kier molecular flexibility index (Phi) is 8.78. The molecule has 0 spiro atoms. The summed E-state index contributed by atoms with van der Waals surface area (Å²) in [6.45, 7) is 10.9. The molecule has 2 heterocycles. The molecule has 0 radical (unpaired) electrons. The van der Waals surface area contributed by atoms with Crippen molar-refractivity contribution in [1.82, 2.24) is 20.0 Å². The van der Waals surface area contributed by atoms with Crippen LogP contribution in [0.2, 0.25) is 5.02 Å². The van der Waals surface area contributed by atoms with Crippen LogP contribution in [0, 0.1) is 5.92 Å². The summed E-state index contributed by atoms with van der Waals surface area (Å²) in [4.78, 5) is 23.7. The van der Waals surface area contributed by atoms with Gasteiger partial charge in [-0.25, -0.2) is 0 Å². The van der Waals surface area contributed by atoms with Crippen molar-refractivity contribution in [3.8, 4) is 0 Å². The van der Waals surface area contributed by atoms with E-state index in [9.17, 15) is 4.79 Å². The minimum atomic E-state index is 0.152. The summed E-state index contributed by atoms with van der Waals surface area (Å²) >= 11 is 6.03. The van der Waals surface area contributed by atoms with E-state index in [2.05, 4.69) is 27.0 Å². The van der Waals surface area contributed by atoms with Crippen LogP contribution < -0.4 is 5.32 Å². The second-order valence-corrected chi connectivity index (χ2v) is 8.56. The number of carbonyl (C=O) groups is 1. The van der Waals surface area contributed by atoms with Gasteiger partial charge in [-0.05, 0) is 23.6 Å². The zero-order chi connectivity index (χ0) is 21.3. The molecule has 1 N–H and O–H groups in total. The van der Waals surface area contributed by atoms with Crippen LogP contribution in [0.1, 0.15) is 12.5 Å². The van der Waals surface area contributed by atoms with Gasteiger partial charge in [0.05, 0.1) is 19.6 Å². The normalized spacial score (nSPS) is 19.6. The molecule has 2 aliphatic rings. The second kappa shape index (κ2) is 11.5. The van der Waals surface area contributed by atoms with Gasteiger partial charge in [-0.3, -0.25) is 14.7 Å². The van der Waals surface area contributed by atoms with Crippen molar-refractivity contribution in [3.63, 3.8) is 0 Å². The predicted octanol–water partition coefficient (Wildman–Crippen LogP) is 1.57. The summed E-state index contributed by atoms with van der Waals surface area (Å²) in [6.07, 6.45) is 0.395. The first-order chi connectivity index (χ1) is 14.5. The third-order valence-corrected chi connectivity index (χ3v) is 5.91.